The van der Waals surface area contributed by atoms with Crippen LogP contribution in [0.1, 0.15) is 29.6 Å². The van der Waals surface area contributed by atoms with Crippen LogP contribution in [0, 0.1) is 0 Å². The summed E-state index contributed by atoms with van der Waals surface area (Å²) in [4.78, 5) is 30.6. The van der Waals surface area contributed by atoms with Crippen molar-refractivity contribution in [3.05, 3.63) is 35.9 Å². The predicted octanol–water partition coefficient (Wildman–Crippen LogP) is 1.00. The third-order valence-corrected chi connectivity index (χ3v) is 5.28. The molecular weight excluding hydrogens is 344 g/mol. The van der Waals surface area contributed by atoms with Crippen molar-refractivity contribution in [2.75, 3.05) is 52.4 Å². The van der Waals surface area contributed by atoms with Crippen molar-refractivity contribution >= 4 is 11.9 Å². The topological polar surface area (TPSA) is 76.1 Å². The Bertz CT molecular complexity index is 617. The summed E-state index contributed by atoms with van der Waals surface area (Å²) < 4.78 is 0. The maximum absolute atomic E-state index is 12.4. The number of carbonyl (C=O) groups is 2. The molecule has 148 valence electrons. The van der Waals surface area contributed by atoms with Gasteiger partial charge in [-0.15, -0.1) is 0 Å². The van der Waals surface area contributed by atoms with Gasteiger partial charge >= 0.3 is 6.03 Å². The fourth-order valence-corrected chi connectivity index (χ4v) is 3.72. The lowest BCUT2D eigenvalue weighted by Crippen LogP contribution is -2.53. The van der Waals surface area contributed by atoms with Gasteiger partial charge < -0.3 is 25.1 Å². The zero-order valence-electron chi connectivity index (χ0n) is 15.8. The molecule has 0 saturated carbocycles. The number of piperazine rings is 1. The number of nitrogens with one attached hydrogen (secondary N) is 1. The van der Waals surface area contributed by atoms with E-state index in [1.807, 2.05) is 30.3 Å². The second-order valence-electron chi connectivity index (χ2n) is 7.33. The molecule has 27 heavy (non-hydrogen) atoms. The van der Waals surface area contributed by atoms with Gasteiger partial charge in [0.05, 0.1) is 6.10 Å². The number of aliphatic hydroxyl groups excluding tert-OH is 1. The predicted molar refractivity (Wildman–Crippen MR) is 104 cm³/mol. The second kappa shape index (κ2) is 9.71. The van der Waals surface area contributed by atoms with Gasteiger partial charge in [-0.3, -0.25) is 4.79 Å². The van der Waals surface area contributed by atoms with Gasteiger partial charge in [0.15, 0.2) is 0 Å². The van der Waals surface area contributed by atoms with Crippen molar-refractivity contribution < 1.29 is 14.7 Å². The lowest BCUT2D eigenvalue weighted by Gasteiger charge is -2.35. The summed E-state index contributed by atoms with van der Waals surface area (Å²) in [6.07, 6.45) is 2.61. The Kier molecular flexibility index (Phi) is 7.06. The molecule has 7 nitrogen and oxygen atoms in total. The summed E-state index contributed by atoms with van der Waals surface area (Å²) in [6, 6.07) is 9.21. The lowest BCUT2D eigenvalue weighted by atomic mass is 10.1. The SMILES string of the molecule is O=C(NCCCN1CCCC(O)C1)N1CCN(C(=O)c2ccccc2)CC1. The van der Waals surface area contributed by atoms with Crippen molar-refractivity contribution in [3.63, 3.8) is 0 Å². The standard InChI is InChI=1S/C20H30N4O3/c25-18-8-4-10-22(16-18)11-5-9-21-20(27)24-14-12-23(13-15-24)19(26)17-6-2-1-3-7-17/h1-3,6-7,18,25H,4-5,8-16H2,(H,21,27). The van der Waals surface area contributed by atoms with Gasteiger partial charge in [-0.25, -0.2) is 4.79 Å². The van der Waals surface area contributed by atoms with E-state index < -0.39 is 0 Å². The monoisotopic (exact) mass is 374 g/mol. The number of carbonyl (C=O) groups excluding carboxylic acids is 2. The van der Waals surface area contributed by atoms with E-state index in [2.05, 4.69) is 10.2 Å². The maximum Gasteiger partial charge on any atom is 0.317 e. The van der Waals surface area contributed by atoms with Crippen LogP contribution in [0.3, 0.4) is 0 Å². The van der Waals surface area contributed by atoms with Crippen molar-refractivity contribution in [1.29, 1.82) is 0 Å². The number of likely N-dealkylation sites (tertiary alicyclic amines) is 1. The van der Waals surface area contributed by atoms with Crippen LogP contribution in [0.4, 0.5) is 4.79 Å². The Balaban J connectivity index is 1.33. The highest BCUT2D eigenvalue weighted by molar-refractivity contribution is 5.94. The molecule has 2 aliphatic heterocycles. The molecule has 1 aromatic rings. The molecule has 0 bridgehead atoms. The Morgan fingerprint density at radius 3 is 2.44 bits per heavy atom. The van der Waals surface area contributed by atoms with Crippen molar-refractivity contribution in [1.82, 2.24) is 20.0 Å². The molecule has 1 unspecified atom stereocenters. The van der Waals surface area contributed by atoms with Crippen LogP contribution in [-0.2, 0) is 0 Å². The van der Waals surface area contributed by atoms with Crippen molar-refractivity contribution in [3.8, 4) is 0 Å². The number of nitrogens with zero attached hydrogens (tertiary/aromatic N) is 3. The van der Waals surface area contributed by atoms with E-state index >= 15 is 0 Å². The maximum atomic E-state index is 12.4. The zero-order valence-corrected chi connectivity index (χ0v) is 15.8. The van der Waals surface area contributed by atoms with Crippen LogP contribution in [-0.4, -0.2) is 90.2 Å². The first-order valence-electron chi connectivity index (χ1n) is 9.91. The zero-order chi connectivity index (χ0) is 19.1. The van der Waals surface area contributed by atoms with Crippen molar-refractivity contribution in [2.24, 2.45) is 0 Å². The summed E-state index contributed by atoms with van der Waals surface area (Å²) in [7, 11) is 0. The number of hydrogen-bond acceptors (Lipinski definition) is 4. The van der Waals surface area contributed by atoms with E-state index in [0.717, 1.165) is 38.9 Å². The minimum Gasteiger partial charge on any atom is -0.392 e. The summed E-state index contributed by atoms with van der Waals surface area (Å²) in [6.45, 7) is 5.55. The minimum absolute atomic E-state index is 0.0272. The van der Waals surface area contributed by atoms with Gasteiger partial charge in [0.2, 0.25) is 0 Å². The van der Waals surface area contributed by atoms with E-state index in [9.17, 15) is 14.7 Å². The highest BCUT2D eigenvalue weighted by atomic mass is 16.3. The number of hydrogen-bond donors (Lipinski definition) is 2. The third-order valence-electron chi connectivity index (χ3n) is 5.28. The number of aliphatic hydroxyl groups is 1. The lowest BCUT2D eigenvalue weighted by molar-refractivity contribution is 0.0663. The van der Waals surface area contributed by atoms with E-state index in [0.29, 0.717) is 38.3 Å². The van der Waals surface area contributed by atoms with E-state index in [1.54, 1.807) is 9.80 Å². The molecule has 0 radical (unpaired) electrons. The smallest absolute Gasteiger partial charge is 0.317 e. The quantitative estimate of drug-likeness (QED) is 0.754. The Morgan fingerprint density at radius 1 is 1.04 bits per heavy atom. The molecule has 0 spiro atoms. The molecule has 1 atom stereocenters. The molecule has 3 amide bonds. The first-order valence-corrected chi connectivity index (χ1v) is 9.91. The molecule has 2 N–H and O–H groups in total. The molecule has 2 heterocycles. The molecule has 2 fully saturated rings. The normalized spacial score (nSPS) is 21.1. The number of amides is 3. The summed E-state index contributed by atoms with van der Waals surface area (Å²) in [5.74, 6) is 0.0272. The van der Waals surface area contributed by atoms with E-state index in [4.69, 9.17) is 0 Å². The first kappa shape index (κ1) is 19.6. The highest BCUT2D eigenvalue weighted by Crippen LogP contribution is 2.10. The van der Waals surface area contributed by atoms with Gasteiger partial charge in [-0.05, 0) is 44.5 Å². The number of β-amino-alcohol motifs (C(OH)–C–C–N with tert-alkyl or cyclic N) is 1. The molecule has 2 saturated heterocycles. The van der Waals surface area contributed by atoms with Crippen LogP contribution in [0.25, 0.3) is 0 Å². The van der Waals surface area contributed by atoms with E-state index in [-0.39, 0.29) is 18.0 Å². The molecule has 7 heteroatoms. The number of benzene rings is 1. The number of urea groups is 1. The second-order valence-corrected chi connectivity index (χ2v) is 7.33. The number of piperidine rings is 1. The van der Waals surface area contributed by atoms with Crippen molar-refractivity contribution in [2.45, 2.75) is 25.4 Å². The van der Waals surface area contributed by atoms with E-state index in [1.165, 1.54) is 0 Å². The third kappa shape index (κ3) is 5.68. The van der Waals surface area contributed by atoms with Gasteiger partial charge in [0.25, 0.3) is 5.91 Å². The largest absolute Gasteiger partial charge is 0.392 e. The Morgan fingerprint density at radius 2 is 1.74 bits per heavy atom. The van der Waals surface area contributed by atoms with Crippen LogP contribution >= 0.6 is 0 Å². The average molecular weight is 374 g/mol. The average Bonchev–Trinajstić information content (AvgIpc) is 2.71. The molecule has 0 aliphatic carbocycles. The fraction of sp³-hybridized carbons (Fsp3) is 0.600. The van der Waals surface area contributed by atoms with Crippen LogP contribution < -0.4 is 5.32 Å². The summed E-state index contributed by atoms with van der Waals surface area (Å²) in [5.41, 5.74) is 0.693. The molecule has 0 aromatic heterocycles. The van der Waals surface area contributed by atoms with Crippen LogP contribution in [0.2, 0.25) is 0 Å². The summed E-state index contributed by atoms with van der Waals surface area (Å²) in [5, 5.41) is 12.7. The molecular formula is C20H30N4O3. The summed E-state index contributed by atoms with van der Waals surface area (Å²) >= 11 is 0. The Labute approximate surface area is 160 Å². The van der Waals surface area contributed by atoms with Crippen LogP contribution in [0.5, 0.6) is 0 Å². The van der Waals surface area contributed by atoms with Gasteiger partial charge in [0, 0.05) is 44.8 Å². The van der Waals surface area contributed by atoms with Gasteiger partial charge in [0.1, 0.15) is 0 Å². The molecule has 2 aliphatic rings. The fourth-order valence-electron chi connectivity index (χ4n) is 3.72. The Hall–Kier alpha value is -2.12. The molecule has 3 rings (SSSR count). The van der Waals surface area contributed by atoms with Gasteiger partial charge in [-0.1, -0.05) is 18.2 Å². The highest BCUT2D eigenvalue weighted by Gasteiger charge is 2.24. The molecule has 1 aromatic carbocycles. The first-order chi connectivity index (χ1) is 13.1. The van der Waals surface area contributed by atoms with Crippen LogP contribution in [0.15, 0.2) is 30.3 Å². The minimum atomic E-state index is -0.205. The number of rotatable bonds is 5. The van der Waals surface area contributed by atoms with Gasteiger partial charge in [-0.2, -0.15) is 0 Å².